The highest BCUT2D eigenvalue weighted by Crippen LogP contribution is 2.16. The predicted molar refractivity (Wildman–Crippen MR) is 79.7 cm³/mol. The molecule has 1 unspecified atom stereocenters. The smallest absolute Gasteiger partial charge is 0.340 e. The van der Waals surface area contributed by atoms with Gasteiger partial charge in [-0.1, -0.05) is 13.0 Å². The van der Waals surface area contributed by atoms with E-state index in [-0.39, 0.29) is 5.56 Å². The van der Waals surface area contributed by atoms with Gasteiger partial charge in [0.05, 0.1) is 12.7 Å². The van der Waals surface area contributed by atoms with E-state index < -0.39 is 11.8 Å². The maximum absolute atomic E-state index is 13.9. The number of rotatable bonds is 4. The zero-order valence-corrected chi connectivity index (χ0v) is 12.9. The molecule has 2 rings (SSSR count). The van der Waals surface area contributed by atoms with Gasteiger partial charge in [0.15, 0.2) is 0 Å². The van der Waals surface area contributed by atoms with Crippen molar-refractivity contribution in [2.24, 2.45) is 0 Å². The molecule has 116 valence electrons. The lowest BCUT2D eigenvalue weighted by Gasteiger charge is -2.39. The van der Waals surface area contributed by atoms with Crippen LogP contribution in [-0.2, 0) is 11.3 Å². The van der Waals surface area contributed by atoms with Crippen molar-refractivity contribution in [2.45, 2.75) is 25.9 Å². The Bertz CT molecular complexity index is 507. The first-order chi connectivity index (χ1) is 10.0. The van der Waals surface area contributed by atoms with E-state index in [0.29, 0.717) is 12.6 Å². The van der Waals surface area contributed by atoms with Gasteiger partial charge in [-0.2, -0.15) is 0 Å². The molecule has 0 amide bonds. The van der Waals surface area contributed by atoms with Crippen LogP contribution in [0.2, 0.25) is 0 Å². The van der Waals surface area contributed by atoms with Crippen LogP contribution in [0.4, 0.5) is 4.39 Å². The first kappa shape index (κ1) is 15.9. The Labute approximate surface area is 125 Å². The minimum absolute atomic E-state index is 0.00828. The van der Waals surface area contributed by atoms with Crippen molar-refractivity contribution in [1.29, 1.82) is 0 Å². The van der Waals surface area contributed by atoms with E-state index in [0.717, 1.165) is 31.6 Å². The number of ether oxygens (including phenoxy) is 1. The number of benzene rings is 1. The summed E-state index contributed by atoms with van der Waals surface area (Å²) in [6.45, 7) is 5.90. The van der Waals surface area contributed by atoms with Gasteiger partial charge in [-0.25, -0.2) is 9.18 Å². The van der Waals surface area contributed by atoms with Crippen LogP contribution in [0, 0.1) is 5.82 Å². The number of carbonyl (C=O) groups is 1. The molecule has 1 aromatic rings. The minimum atomic E-state index is -0.635. The molecule has 0 N–H and O–H groups in total. The second-order valence-corrected chi connectivity index (χ2v) is 5.58. The summed E-state index contributed by atoms with van der Waals surface area (Å²) in [5, 5.41) is 0. The number of nitrogens with zero attached hydrogens (tertiary/aromatic N) is 2. The molecule has 1 aliphatic rings. The predicted octanol–water partition coefficient (Wildman–Crippen LogP) is 2.14. The van der Waals surface area contributed by atoms with Crippen LogP contribution in [0.15, 0.2) is 18.2 Å². The van der Waals surface area contributed by atoms with Crippen molar-refractivity contribution >= 4 is 5.97 Å². The second-order valence-electron chi connectivity index (χ2n) is 5.58. The van der Waals surface area contributed by atoms with Crippen LogP contribution in [0.1, 0.15) is 29.3 Å². The Morgan fingerprint density at radius 3 is 2.81 bits per heavy atom. The fourth-order valence-corrected chi connectivity index (χ4v) is 2.79. The summed E-state index contributed by atoms with van der Waals surface area (Å²) >= 11 is 0. The fourth-order valence-electron chi connectivity index (χ4n) is 2.79. The molecule has 0 spiro atoms. The Morgan fingerprint density at radius 1 is 1.43 bits per heavy atom. The number of hydrogen-bond donors (Lipinski definition) is 0. The molecule has 5 heteroatoms. The van der Waals surface area contributed by atoms with Gasteiger partial charge >= 0.3 is 5.97 Å². The van der Waals surface area contributed by atoms with Crippen molar-refractivity contribution < 1.29 is 13.9 Å². The SMILES string of the molecule is CCC1CN(Cc2ccc(C(=O)OC)c(F)c2)CCN1C. The molecule has 0 aromatic heterocycles. The molecule has 1 atom stereocenters. The third-order valence-electron chi connectivity index (χ3n) is 4.18. The Hall–Kier alpha value is -1.46. The molecule has 0 bridgehead atoms. The quantitative estimate of drug-likeness (QED) is 0.797. The largest absolute Gasteiger partial charge is 0.465 e. The zero-order chi connectivity index (χ0) is 15.4. The monoisotopic (exact) mass is 294 g/mol. The van der Waals surface area contributed by atoms with E-state index in [9.17, 15) is 9.18 Å². The van der Waals surface area contributed by atoms with E-state index >= 15 is 0 Å². The van der Waals surface area contributed by atoms with Crippen LogP contribution in [0.5, 0.6) is 0 Å². The van der Waals surface area contributed by atoms with E-state index in [1.54, 1.807) is 6.07 Å². The van der Waals surface area contributed by atoms with Crippen LogP contribution in [-0.4, -0.2) is 55.6 Å². The number of esters is 1. The van der Waals surface area contributed by atoms with Crippen LogP contribution in [0.25, 0.3) is 0 Å². The van der Waals surface area contributed by atoms with Crippen LogP contribution in [0.3, 0.4) is 0 Å². The van der Waals surface area contributed by atoms with Crippen molar-refractivity contribution in [3.63, 3.8) is 0 Å². The summed E-state index contributed by atoms with van der Waals surface area (Å²) in [6, 6.07) is 5.29. The summed E-state index contributed by atoms with van der Waals surface area (Å²) in [6.07, 6.45) is 1.11. The molecular weight excluding hydrogens is 271 g/mol. The van der Waals surface area contributed by atoms with Gasteiger partial charge in [0.1, 0.15) is 5.82 Å². The fraction of sp³-hybridized carbons (Fsp3) is 0.562. The molecule has 4 nitrogen and oxygen atoms in total. The van der Waals surface area contributed by atoms with Gasteiger partial charge in [-0.3, -0.25) is 4.90 Å². The first-order valence-electron chi connectivity index (χ1n) is 7.34. The van der Waals surface area contributed by atoms with Gasteiger partial charge in [0, 0.05) is 32.2 Å². The van der Waals surface area contributed by atoms with Gasteiger partial charge in [-0.05, 0) is 31.2 Å². The topological polar surface area (TPSA) is 32.8 Å². The number of methoxy groups -OCH3 is 1. The van der Waals surface area contributed by atoms with Gasteiger partial charge in [0.25, 0.3) is 0 Å². The summed E-state index contributed by atoms with van der Waals surface area (Å²) < 4.78 is 18.5. The lowest BCUT2D eigenvalue weighted by Crippen LogP contribution is -2.50. The molecule has 0 saturated carbocycles. The Morgan fingerprint density at radius 2 is 2.19 bits per heavy atom. The van der Waals surface area contributed by atoms with Gasteiger partial charge in [0.2, 0.25) is 0 Å². The second kappa shape index (κ2) is 7.00. The van der Waals surface area contributed by atoms with E-state index in [4.69, 9.17) is 0 Å². The molecule has 21 heavy (non-hydrogen) atoms. The van der Waals surface area contributed by atoms with Gasteiger partial charge < -0.3 is 9.64 Å². The van der Waals surface area contributed by atoms with Crippen molar-refractivity contribution in [3.05, 3.63) is 35.1 Å². The van der Waals surface area contributed by atoms with Crippen molar-refractivity contribution in [3.8, 4) is 0 Å². The number of carbonyl (C=O) groups excluding carboxylic acids is 1. The first-order valence-corrected chi connectivity index (χ1v) is 7.34. The van der Waals surface area contributed by atoms with Crippen molar-refractivity contribution in [1.82, 2.24) is 9.80 Å². The number of likely N-dealkylation sites (N-methyl/N-ethyl adjacent to an activating group) is 1. The highest BCUT2D eigenvalue weighted by molar-refractivity contribution is 5.89. The molecule has 1 aromatic carbocycles. The highest BCUT2D eigenvalue weighted by atomic mass is 19.1. The summed E-state index contributed by atoms with van der Waals surface area (Å²) in [4.78, 5) is 16.1. The van der Waals surface area contributed by atoms with E-state index in [1.807, 2.05) is 0 Å². The Balaban J connectivity index is 2.03. The molecule has 1 heterocycles. The average Bonchev–Trinajstić information content (AvgIpc) is 2.48. The minimum Gasteiger partial charge on any atom is -0.465 e. The number of hydrogen-bond acceptors (Lipinski definition) is 4. The number of piperazine rings is 1. The summed E-state index contributed by atoms with van der Waals surface area (Å²) in [7, 11) is 3.40. The van der Waals surface area contributed by atoms with Crippen LogP contribution >= 0.6 is 0 Å². The highest BCUT2D eigenvalue weighted by Gasteiger charge is 2.23. The summed E-state index contributed by atoms with van der Waals surface area (Å²) in [5.41, 5.74) is 0.880. The average molecular weight is 294 g/mol. The molecule has 1 aliphatic heterocycles. The lowest BCUT2D eigenvalue weighted by atomic mass is 10.1. The maximum Gasteiger partial charge on any atom is 0.340 e. The Kier molecular flexibility index (Phi) is 5.31. The van der Waals surface area contributed by atoms with Crippen molar-refractivity contribution in [2.75, 3.05) is 33.8 Å². The normalized spacial score (nSPS) is 20.5. The van der Waals surface area contributed by atoms with Crippen LogP contribution < -0.4 is 0 Å². The zero-order valence-electron chi connectivity index (χ0n) is 12.9. The standard InChI is InChI=1S/C16H23FN2O2/c1-4-13-11-19(8-7-18(13)2)10-12-5-6-14(15(17)9-12)16(20)21-3/h5-6,9,13H,4,7-8,10-11H2,1-3H3. The maximum atomic E-state index is 13.9. The lowest BCUT2D eigenvalue weighted by molar-refractivity contribution is 0.0595. The number of halogens is 1. The third-order valence-corrected chi connectivity index (χ3v) is 4.18. The molecule has 0 radical (unpaired) electrons. The molecule has 0 aliphatic carbocycles. The van der Waals surface area contributed by atoms with Gasteiger partial charge in [-0.15, -0.1) is 0 Å². The molecule has 1 fully saturated rings. The molecule has 1 saturated heterocycles. The van der Waals surface area contributed by atoms with E-state index in [1.165, 1.54) is 19.2 Å². The third kappa shape index (κ3) is 3.80. The molecular formula is C16H23FN2O2. The van der Waals surface area contributed by atoms with E-state index in [2.05, 4.69) is 28.5 Å². The summed E-state index contributed by atoms with van der Waals surface area (Å²) in [5.74, 6) is -1.15.